The molecule has 0 bridgehead atoms. The fourth-order valence-electron chi connectivity index (χ4n) is 3.96. The average molecular weight is 486 g/mol. The lowest BCUT2D eigenvalue weighted by molar-refractivity contribution is -0.676. The molecule has 0 saturated heterocycles. The normalized spacial score (nSPS) is 11.3. The Labute approximate surface area is 205 Å². The van der Waals surface area contributed by atoms with Crippen LogP contribution in [0.3, 0.4) is 0 Å². The van der Waals surface area contributed by atoms with Gasteiger partial charge in [-0.05, 0) is 46.1 Å². The number of amides is 1. The Morgan fingerprint density at radius 3 is 2.65 bits per heavy atom. The minimum atomic E-state index is -0.417. The highest BCUT2D eigenvalue weighted by molar-refractivity contribution is 6.29. The maximum absolute atomic E-state index is 12.7. The monoisotopic (exact) mass is 485 g/mol. The van der Waals surface area contributed by atoms with Gasteiger partial charge in [-0.25, -0.2) is 19.1 Å². The van der Waals surface area contributed by atoms with Crippen LogP contribution in [0, 0.1) is 0 Å². The molecule has 2 heterocycles. The Morgan fingerprint density at radius 1 is 1.26 bits per heavy atom. The smallest absolute Gasteiger partial charge is 0.277 e. The van der Waals surface area contributed by atoms with Crippen molar-refractivity contribution < 1.29 is 9.36 Å². The number of carbonyl (C=O) groups excluding carboxylic acids is 1. The van der Waals surface area contributed by atoms with Crippen LogP contribution >= 0.6 is 11.6 Å². The number of carbonyl (C=O) groups is 1. The number of fused-ring (bicyclic) bond motifs is 1. The van der Waals surface area contributed by atoms with Gasteiger partial charge in [0.1, 0.15) is 11.7 Å². The van der Waals surface area contributed by atoms with E-state index in [1.165, 1.54) is 6.20 Å². The molecule has 182 valence electrons. The van der Waals surface area contributed by atoms with Crippen molar-refractivity contribution in [3.05, 3.63) is 53.2 Å². The van der Waals surface area contributed by atoms with Crippen molar-refractivity contribution in [3.63, 3.8) is 0 Å². The largest absolute Gasteiger partial charge is 0.382 e. The predicted octanol–water partition coefficient (Wildman–Crippen LogP) is 2.39. The number of aryl methyl sites for hydroxylation is 2. The molecule has 1 aromatic carbocycles. The summed E-state index contributed by atoms with van der Waals surface area (Å²) in [4.78, 5) is 25.0. The summed E-state index contributed by atoms with van der Waals surface area (Å²) < 4.78 is 4.41. The minimum absolute atomic E-state index is 0.0223. The second-order valence-electron chi connectivity index (χ2n) is 8.39. The minimum Gasteiger partial charge on any atom is -0.382 e. The van der Waals surface area contributed by atoms with Crippen molar-refractivity contribution in [1.29, 1.82) is 0 Å². The summed E-state index contributed by atoms with van der Waals surface area (Å²) in [6.45, 7) is 12.2. The van der Waals surface area contributed by atoms with E-state index in [1.54, 1.807) is 0 Å². The Hall–Kier alpha value is -3.17. The molecule has 10 heteroatoms. The van der Waals surface area contributed by atoms with Gasteiger partial charge >= 0.3 is 0 Å². The number of imidazole rings is 1. The van der Waals surface area contributed by atoms with Gasteiger partial charge in [0.2, 0.25) is 0 Å². The molecule has 1 amide bonds. The van der Waals surface area contributed by atoms with Crippen LogP contribution < -0.4 is 15.6 Å². The van der Waals surface area contributed by atoms with E-state index in [1.807, 2.05) is 0 Å². The summed E-state index contributed by atoms with van der Waals surface area (Å²) >= 11 is 5.89. The van der Waals surface area contributed by atoms with Crippen LogP contribution in [0.4, 0.5) is 5.82 Å². The lowest BCUT2D eigenvalue weighted by Crippen LogP contribution is -2.40. The van der Waals surface area contributed by atoms with Crippen LogP contribution in [0.5, 0.6) is 0 Å². The summed E-state index contributed by atoms with van der Waals surface area (Å²) in [6, 6.07) is 6.40. The summed E-state index contributed by atoms with van der Waals surface area (Å²) in [6.07, 6.45) is 1.32. The summed E-state index contributed by atoms with van der Waals surface area (Å²) in [5.74, 6) is 0.605. The molecule has 0 spiro atoms. The van der Waals surface area contributed by atoms with Gasteiger partial charge in [0.25, 0.3) is 11.7 Å². The van der Waals surface area contributed by atoms with Crippen molar-refractivity contribution >= 4 is 40.1 Å². The first-order valence-electron chi connectivity index (χ1n) is 11.3. The maximum atomic E-state index is 12.7. The molecule has 0 aliphatic rings. The van der Waals surface area contributed by atoms with Crippen molar-refractivity contribution in [1.82, 2.24) is 29.7 Å². The van der Waals surface area contributed by atoms with E-state index in [0.717, 1.165) is 54.3 Å². The number of nitrogen functional groups attached to an aromatic ring is 1. The molecule has 0 aliphatic carbocycles. The van der Waals surface area contributed by atoms with Gasteiger partial charge in [-0.2, -0.15) is 0 Å². The van der Waals surface area contributed by atoms with Gasteiger partial charge in [-0.1, -0.05) is 18.2 Å². The third-order valence-electron chi connectivity index (χ3n) is 5.88. The van der Waals surface area contributed by atoms with Crippen LogP contribution in [0.25, 0.3) is 16.7 Å². The van der Waals surface area contributed by atoms with Crippen LogP contribution in [0.1, 0.15) is 35.7 Å². The van der Waals surface area contributed by atoms with E-state index in [2.05, 4.69) is 94.0 Å². The number of aromatic nitrogens is 4. The topological polar surface area (TPSA) is 96.2 Å². The molecule has 0 unspecified atom stereocenters. The molecule has 9 nitrogen and oxygen atoms in total. The number of halogens is 1. The molecule has 34 heavy (non-hydrogen) atoms. The Balaban J connectivity index is 1.92. The standard InChI is InChI=1S/C24H33ClN8O/c1-7-32-18-10-9-17(16(3)31(6)12-11-30(4)5)13-19(18)33(8-2)21(32)15-28-24(34)22-23(26)27-14-20(25)29-22/h9-10,13-14H,3,7-8,11-12,15H2,1-2,4-6H3,(H2-,26,27,28,34)/p+1. The van der Waals surface area contributed by atoms with Gasteiger partial charge in [0.05, 0.1) is 19.3 Å². The lowest BCUT2D eigenvalue weighted by Gasteiger charge is -2.23. The molecule has 3 N–H and O–H groups in total. The number of hydrogen-bond acceptors (Lipinski definition) is 6. The van der Waals surface area contributed by atoms with E-state index in [9.17, 15) is 4.79 Å². The Morgan fingerprint density at radius 2 is 2.00 bits per heavy atom. The first kappa shape index (κ1) is 25.5. The number of benzene rings is 1. The lowest BCUT2D eigenvalue weighted by atomic mass is 10.1. The average Bonchev–Trinajstić information content (AvgIpc) is 3.13. The van der Waals surface area contributed by atoms with Gasteiger partial charge in [0, 0.05) is 31.4 Å². The molecule has 0 aliphatic heterocycles. The highest BCUT2D eigenvalue weighted by atomic mass is 35.5. The number of nitrogens with two attached hydrogens (primary N) is 1. The zero-order valence-electron chi connectivity index (χ0n) is 20.6. The quantitative estimate of drug-likeness (QED) is 0.428. The van der Waals surface area contributed by atoms with Gasteiger partial charge in [0.15, 0.2) is 22.5 Å². The molecule has 2 aromatic heterocycles. The van der Waals surface area contributed by atoms with E-state index in [-0.39, 0.29) is 16.7 Å². The molecule has 3 aromatic rings. The van der Waals surface area contributed by atoms with Crippen LogP contribution in [0.2, 0.25) is 5.15 Å². The summed E-state index contributed by atoms with van der Waals surface area (Å²) in [7, 11) is 6.19. The summed E-state index contributed by atoms with van der Waals surface area (Å²) in [5, 5.41) is 3.04. The second-order valence-corrected chi connectivity index (χ2v) is 8.78. The molecule has 0 fully saturated rings. The third kappa shape index (κ3) is 5.31. The maximum Gasteiger partial charge on any atom is 0.277 e. The molecule has 0 saturated carbocycles. The Kier molecular flexibility index (Phi) is 8.11. The zero-order valence-corrected chi connectivity index (χ0v) is 21.4. The number of anilines is 1. The van der Waals surface area contributed by atoms with E-state index < -0.39 is 5.91 Å². The second kappa shape index (κ2) is 10.8. The molecular weight excluding hydrogens is 452 g/mol. The van der Waals surface area contributed by atoms with Gasteiger partial charge < -0.3 is 20.9 Å². The molecule has 0 radical (unpaired) electrons. The number of rotatable bonds is 10. The van der Waals surface area contributed by atoms with E-state index >= 15 is 0 Å². The molecule has 0 atom stereocenters. The van der Waals surface area contributed by atoms with Crippen LogP contribution in [-0.2, 0) is 19.6 Å². The molecular formula is C24H34ClN8O+. The van der Waals surface area contributed by atoms with Gasteiger partial charge in [-0.3, -0.25) is 4.79 Å². The van der Waals surface area contributed by atoms with Crippen LogP contribution in [0.15, 0.2) is 31.0 Å². The summed E-state index contributed by atoms with van der Waals surface area (Å²) in [5.41, 5.74) is 10.1. The van der Waals surface area contributed by atoms with Crippen LogP contribution in [-0.4, -0.2) is 64.5 Å². The van der Waals surface area contributed by atoms with Crippen molar-refractivity contribution in [2.24, 2.45) is 0 Å². The van der Waals surface area contributed by atoms with E-state index in [0.29, 0.717) is 6.54 Å². The fraction of sp³-hybridized carbons (Fsp3) is 0.417. The third-order valence-corrected chi connectivity index (χ3v) is 6.06. The number of nitrogens with one attached hydrogen (secondary N) is 1. The molecule has 3 rings (SSSR count). The van der Waals surface area contributed by atoms with Crippen molar-refractivity contribution in [2.45, 2.75) is 33.5 Å². The number of nitrogens with zero attached hydrogens (tertiary/aromatic N) is 6. The highest BCUT2D eigenvalue weighted by Crippen LogP contribution is 2.23. The Bertz CT molecular complexity index is 1200. The zero-order chi connectivity index (χ0) is 25.0. The highest BCUT2D eigenvalue weighted by Gasteiger charge is 2.25. The number of hydrogen-bond donors (Lipinski definition) is 2. The first-order chi connectivity index (χ1) is 16.2. The van der Waals surface area contributed by atoms with Crippen molar-refractivity contribution in [3.8, 4) is 0 Å². The first-order valence-corrected chi connectivity index (χ1v) is 11.7. The number of likely N-dealkylation sites (N-methyl/N-ethyl adjacent to an activating group) is 2. The van der Waals surface area contributed by atoms with E-state index in [4.69, 9.17) is 17.3 Å². The van der Waals surface area contributed by atoms with Crippen molar-refractivity contribution in [2.75, 3.05) is 40.0 Å². The van der Waals surface area contributed by atoms with Gasteiger partial charge in [-0.15, -0.1) is 0 Å². The fourth-order valence-corrected chi connectivity index (χ4v) is 4.09. The SMILES string of the molecule is C=C(c1ccc2c(c1)n(CC)c(CNC(=O)c1nc(Cl)cnc1N)[n+]2CC)N(C)CCN(C)C. The predicted molar refractivity (Wildman–Crippen MR) is 136 cm³/mol.